The molecule has 0 atom stereocenters. The first-order chi connectivity index (χ1) is 10.1. The summed E-state index contributed by atoms with van der Waals surface area (Å²) in [6.45, 7) is 6.19. The molecule has 0 bridgehead atoms. The van der Waals surface area contributed by atoms with Crippen molar-refractivity contribution >= 4 is 22.5 Å². The van der Waals surface area contributed by atoms with Gasteiger partial charge in [-0.15, -0.1) is 0 Å². The van der Waals surface area contributed by atoms with E-state index in [0.29, 0.717) is 11.1 Å². The number of anilines is 1. The number of carbonyl (C=O) groups excluding carboxylic acids is 1. The fourth-order valence-corrected chi connectivity index (χ4v) is 3.43. The number of hydrogen-bond donors (Lipinski definition) is 2. The molecule has 21 heavy (non-hydrogen) atoms. The third-order valence-electron chi connectivity index (χ3n) is 5.16. The Balaban J connectivity index is 1.88. The zero-order valence-electron chi connectivity index (χ0n) is 12.8. The normalized spacial score (nSPS) is 17.5. The van der Waals surface area contributed by atoms with Crippen LogP contribution in [0.4, 0.5) is 5.69 Å². The van der Waals surface area contributed by atoms with Gasteiger partial charge in [0, 0.05) is 35.9 Å². The highest BCUT2D eigenvalue weighted by molar-refractivity contribution is 6.07. The topological polar surface area (TPSA) is 62.1 Å². The van der Waals surface area contributed by atoms with Crippen molar-refractivity contribution in [2.24, 2.45) is 5.41 Å². The number of amides is 1. The van der Waals surface area contributed by atoms with Crippen molar-refractivity contribution in [1.82, 2.24) is 9.88 Å². The Kier molecular flexibility index (Phi) is 3.40. The minimum atomic E-state index is 0.134. The van der Waals surface area contributed by atoms with E-state index in [4.69, 9.17) is 5.73 Å². The van der Waals surface area contributed by atoms with Crippen molar-refractivity contribution in [2.45, 2.75) is 33.1 Å². The standard InChI is InChI=1S/C17H23N3O/c1-3-17(4-2)7-8-20(11-17)16(21)14-10-19-15-9-12(18)5-6-13(14)15/h5-6,9-10,19H,3-4,7-8,11,18H2,1-2H3. The molecule has 0 spiro atoms. The molecule has 1 fully saturated rings. The highest BCUT2D eigenvalue weighted by Gasteiger charge is 2.37. The molecule has 3 N–H and O–H groups in total. The van der Waals surface area contributed by atoms with E-state index in [1.165, 1.54) is 0 Å². The number of benzene rings is 1. The Morgan fingerprint density at radius 1 is 1.38 bits per heavy atom. The molecule has 3 rings (SSSR count). The molecule has 4 nitrogen and oxygen atoms in total. The summed E-state index contributed by atoms with van der Waals surface area (Å²) < 4.78 is 0. The van der Waals surface area contributed by atoms with Crippen molar-refractivity contribution in [1.29, 1.82) is 0 Å². The van der Waals surface area contributed by atoms with Crippen LogP contribution < -0.4 is 5.73 Å². The van der Waals surface area contributed by atoms with Crippen molar-refractivity contribution < 1.29 is 4.79 Å². The first-order valence-corrected chi connectivity index (χ1v) is 7.74. The molecule has 1 aliphatic heterocycles. The van der Waals surface area contributed by atoms with Gasteiger partial charge in [0.05, 0.1) is 5.56 Å². The lowest BCUT2D eigenvalue weighted by Gasteiger charge is -2.26. The van der Waals surface area contributed by atoms with E-state index < -0.39 is 0 Å². The fraction of sp³-hybridized carbons (Fsp3) is 0.471. The summed E-state index contributed by atoms with van der Waals surface area (Å²) in [5, 5.41) is 0.958. The second kappa shape index (κ2) is 5.10. The number of hydrogen-bond acceptors (Lipinski definition) is 2. The Morgan fingerprint density at radius 3 is 2.81 bits per heavy atom. The third-order valence-corrected chi connectivity index (χ3v) is 5.16. The SMILES string of the molecule is CCC1(CC)CCN(C(=O)c2c[nH]c3cc(N)ccc23)C1. The largest absolute Gasteiger partial charge is 0.399 e. The van der Waals surface area contributed by atoms with Gasteiger partial charge in [-0.1, -0.05) is 13.8 Å². The average Bonchev–Trinajstić information content (AvgIpc) is 3.11. The van der Waals surface area contributed by atoms with Gasteiger partial charge in [-0.05, 0) is 42.9 Å². The van der Waals surface area contributed by atoms with Crippen LogP contribution >= 0.6 is 0 Å². The maximum absolute atomic E-state index is 12.8. The first-order valence-electron chi connectivity index (χ1n) is 7.74. The van der Waals surface area contributed by atoms with Crippen molar-refractivity contribution in [3.8, 4) is 0 Å². The number of nitrogens with zero attached hydrogens (tertiary/aromatic N) is 1. The van der Waals surface area contributed by atoms with Crippen molar-refractivity contribution in [3.63, 3.8) is 0 Å². The predicted octanol–water partition coefficient (Wildman–Crippen LogP) is 3.40. The number of fused-ring (bicyclic) bond motifs is 1. The van der Waals surface area contributed by atoms with Crippen LogP contribution in [0, 0.1) is 5.41 Å². The molecule has 4 heteroatoms. The number of rotatable bonds is 3. The molecular weight excluding hydrogens is 262 g/mol. The van der Waals surface area contributed by atoms with E-state index in [1.54, 1.807) is 0 Å². The molecule has 0 radical (unpaired) electrons. The number of nitrogens with one attached hydrogen (secondary N) is 1. The number of likely N-dealkylation sites (tertiary alicyclic amines) is 1. The summed E-state index contributed by atoms with van der Waals surface area (Å²) in [7, 11) is 0. The maximum Gasteiger partial charge on any atom is 0.256 e. The van der Waals surface area contributed by atoms with Crippen LogP contribution in [-0.2, 0) is 0 Å². The lowest BCUT2D eigenvalue weighted by Crippen LogP contribution is -2.31. The predicted molar refractivity (Wildman–Crippen MR) is 86.2 cm³/mol. The maximum atomic E-state index is 12.8. The fourth-order valence-electron chi connectivity index (χ4n) is 3.43. The van der Waals surface area contributed by atoms with E-state index in [0.717, 1.165) is 48.8 Å². The van der Waals surface area contributed by atoms with Crippen molar-refractivity contribution in [3.05, 3.63) is 30.0 Å². The second-order valence-corrected chi connectivity index (χ2v) is 6.19. The zero-order chi connectivity index (χ0) is 15.0. The number of aromatic amines is 1. The second-order valence-electron chi connectivity index (χ2n) is 6.19. The molecule has 1 aromatic carbocycles. The number of aromatic nitrogens is 1. The van der Waals surface area contributed by atoms with Crippen LogP contribution in [0.2, 0.25) is 0 Å². The highest BCUT2D eigenvalue weighted by Crippen LogP contribution is 2.37. The third kappa shape index (κ3) is 2.28. The van der Waals surface area contributed by atoms with Gasteiger partial charge in [-0.3, -0.25) is 4.79 Å². The molecular formula is C17H23N3O. The van der Waals surface area contributed by atoms with Crippen LogP contribution in [-0.4, -0.2) is 28.9 Å². The average molecular weight is 285 g/mol. The minimum Gasteiger partial charge on any atom is -0.399 e. The van der Waals surface area contributed by atoms with Gasteiger partial charge in [-0.25, -0.2) is 0 Å². The van der Waals surface area contributed by atoms with Crippen LogP contribution in [0.15, 0.2) is 24.4 Å². The lowest BCUT2D eigenvalue weighted by atomic mass is 9.82. The van der Waals surface area contributed by atoms with E-state index in [1.807, 2.05) is 29.3 Å². The summed E-state index contributed by atoms with van der Waals surface area (Å²) in [4.78, 5) is 18.0. The van der Waals surface area contributed by atoms with Crippen LogP contribution in [0.3, 0.4) is 0 Å². The molecule has 1 aliphatic rings. The molecule has 112 valence electrons. The van der Waals surface area contributed by atoms with Crippen LogP contribution in [0.5, 0.6) is 0 Å². The van der Waals surface area contributed by atoms with E-state index in [9.17, 15) is 4.79 Å². The summed E-state index contributed by atoms with van der Waals surface area (Å²) in [5.74, 6) is 0.134. The lowest BCUT2D eigenvalue weighted by molar-refractivity contribution is 0.0772. The molecule has 0 aliphatic carbocycles. The molecule has 1 aromatic heterocycles. The Bertz CT molecular complexity index is 670. The first kappa shape index (κ1) is 14.0. The number of carbonyl (C=O) groups is 1. The Morgan fingerprint density at radius 2 is 2.14 bits per heavy atom. The Labute approximate surface area is 125 Å². The van der Waals surface area contributed by atoms with Crippen molar-refractivity contribution in [2.75, 3.05) is 18.8 Å². The zero-order valence-corrected chi connectivity index (χ0v) is 12.8. The van der Waals surface area contributed by atoms with Gasteiger partial charge in [0.2, 0.25) is 0 Å². The quantitative estimate of drug-likeness (QED) is 0.849. The van der Waals surface area contributed by atoms with Crippen LogP contribution in [0.25, 0.3) is 10.9 Å². The summed E-state index contributed by atoms with van der Waals surface area (Å²) in [5.41, 5.74) is 8.49. The van der Waals surface area contributed by atoms with Gasteiger partial charge in [-0.2, -0.15) is 0 Å². The van der Waals surface area contributed by atoms with Gasteiger partial charge in [0.25, 0.3) is 5.91 Å². The van der Waals surface area contributed by atoms with Gasteiger partial charge in [0.15, 0.2) is 0 Å². The molecule has 0 saturated carbocycles. The van der Waals surface area contributed by atoms with Gasteiger partial charge < -0.3 is 15.6 Å². The van der Waals surface area contributed by atoms with E-state index in [2.05, 4.69) is 18.8 Å². The number of H-pyrrole nitrogens is 1. The Hall–Kier alpha value is -1.97. The van der Waals surface area contributed by atoms with Crippen LogP contribution in [0.1, 0.15) is 43.5 Å². The smallest absolute Gasteiger partial charge is 0.256 e. The highest BCUT2D eigenvalue weighted by atomic mass is 16.2. The summed E-state index contributed by atoms with van der Waals surface area (Å²) in [6.07, 6.45) is 5.20. The van der Waals surface area contributed by atoms with E-state index >= 15 is 0 Å². The monoisotopic (exact) mass is 285 g/mol. The molecule has 2 aromatic rings. The van der Waals surface area contributed by atoms with Gasteiger partial charge >= 0.3 is 0 Å². The molecule has 0 unspecified atom stereocenters. The minimum absolute atomic E-state index is 0.134. The van der Waals surface area contributed by atoms with Gasteiger partial charge in [0.1, 0.15) is 0 Å². The molecule has 2 heterocycles. The number of nitrogens with two attached hydrogens (primary N) is 1. The summed E-state index contributed by atoms with van der Waals surface area (Å²) in [6, 6.07) is 5.65. The molecule has 1 saturated heterocycles. The summed E-state index contributed by atoms with van der Waals surface area (Å²) >= 11 is 0. The van der Waals surface area contributed by atoms with E-state index in [-0.39, 0.29) is 5.91 Å². The molecule has 1 amide bonds. The number of nitrogen functional groups attached to an aromatic ring is 1.